The number of amides is 2. The maximum absolute atomic E-state index is 12.7. The Morgan fingerprint density at radius 3 is 2.43 bits per heavy atom. The average molecular weight is 404 g/mol. The first-order valence-electron chi connectivity index (χ1n) is 8.92. The fourth-order valence-electron chi connectivity index (χ4n) is 3.70. The summed E-state index contributed by atoms with van der Waals surface area (Å²) in [4.78, 5) is 27.1. The molecule has 0 spiro atoms. The number of halogens is 1. The zero-order valence-corrected chi connectivity index (χ0v) is 17.4. The minimum absolute atomic E-state index is 0. The Kier molecular flexibility index (Phi) is 6.56. The molecule has 3 rings (SSSR count). The highest BCUT2D eigenvalue weighted by Crippen LogP contribution is 2.33. The fourth-order valence-corrected chi connectivity index (χ4v) is 3.70. The molecule has 150 valence electrons. The van der Waals surface area contributed by atoms with Gasteiger partial charge in [-0.3, -0.25) is 9.59 Å². The van der Waals surface area contributed by atoms with Gasteiger partial charge in [0.2, 0.25) is 11.8 Å². The molecular formula is C21H26ClN3O3. The largest absolute Gasteiger partial charge is 0.497 e. The number of nitrogen functional groups attached to an aromatic ring is 1. The van der Waals surface area contributed by atoms with Crippen LogP contribution in [0.5, 0.6) is 5.75 Å². The molecule has 1 fully saturated rings. The quantitative estimate of drug-likeness (QED) is 0.763. The molecule has 0 radical (unpaired) electrons. The summed E-state index contributed by atoms with van der Waals surface area (Å²) in [5, 5.41) is 2.83. The second kappa shape index (κ2) is 8.52. The van der Waals surface area contributed by atoms with E-state index < -0.39 is 5.92 Å². The number of rotatable bonds is 4. The third-order valence-corrected chi connectivity index (χ3v) is 4.92. The highest BCUT2D eigenvalue weighted by atomic mass is 35.5. The zero-order chi connectivity index (χ0) is 19.7. The number of methoxy groups -OCH3 is 1. The van der Waals surface area contributed by atoms with E-state index in [1.54, 1.807) is 30.2 Å². The van der Waals surface area contributed by atoms with Crippen molar-refractivity contribution >= 4 is 41.3 Å². The molecule has 1 aliphatic rings. The maximum Gasteiger partial charge on any atom is 0.229 e. The summed E-state index contributed by atoms with van der Waals surface area (Å²) >= 11 is 0. The number of carbonyl (C=O) groups is 2. The van der Waals surface area contributed by atoms with Crippen molar-refractivity contribution in [3.8, 4) is 5.75 Å². The highest BCUT2D eigenvalue weighted by Gasteiger charge is 2.36. The Labute approximate surface area is 171 Å². The number of hydrogen-bond acceptors (Lipinski definition) is 4. The molecule has 0 bridgehead atoms. The summed E-state index contributed by atoms with van der Waals surface area (Å²) < 4.78 is 5.18. The zero-order valence-electron chi connectivity index (χ0n) is 16.5. The van der Waals surface area contributed by atoms with E-state index in [0.717, 1.165) is 22.4 Å². The van der Waals surface area contributed by atoms with Gasteiger partial charge in [-0.25, -0.2) is 0 Å². The van der Waals surface area contributed by atoms with Crippen LogP contribution in [0.15, 0.2) is 30.3 Å². The third kappa shape index (κ3) is 4.22. The van der Waals surface area contributed by atoms with Gasteiger partial charge in [-0.1, -0.05) is 17.7 Å². The molecule has 28 heavy (non-hydrogen) atoms. The van der Waals surface area contributed by atoms with E-state index in [0.29, 0.717) is 23.7 Å². The number of hydrogen-bond donors (Lipinski definition) is 2. The normalized spacial score (nSPS) is 15.9. The molecule has 7 heteroatoms. The van der Waals surface area contributed by atoms with Crippen LogP contribution in [0.2, 0.25) is 0 Å². The Morgan fingerprint density at radius 1 is 1.18 bits per heavy atom. The summed E-state index contributed by atoms with van der Waals surface area (Å²) in [6.07, 6.45) is 0.183. The van der Waals surface area contributed by atoms with Gasteiger partial charge in [0.1, 0.15) is 5.75 Å². The van der Waals surface area contributed by atoms with E-state index in [1.807, 2.05) is 20.8 Å². The van der Waals surface area contributed by atoms with Crippen molar-refractivity contribution in [2.24, 2.45) is 5.92 Å². The Hall–Kier alpha value is -2.73. The first-order valence-corrected chi connectivity index (χ1v) is 8.92. The predicted octanol–water partition coefficient (Wildman–Crippen LogP) is 3.62. The van der Waals surface area contributed by atoms with Crippen molar-refractivity contribution in [2.75, 3.05) is 29.6 Å². The van der Waals surface area contributed by atoms with Crippen LogP contribution in [0.1, 0.15) is 23.1 Å². The summed E-state index contributed by atoms with van der Waals surface area (Å²) in [6.45, 7) is 6.38. The minimum atomic E-state index is -0.428. The van der Waals surface area contributed by atoms with Gasteiger partial charge in [-0.2, -0.15) is 0 Å². The summed E-state index contributed by atoms with van der Waals surface area (Å²) in [5.41, 5.74) is 11.0. The second-order valence-electron chi connectivity index (χ2n) is 7.10. The standard InChI is InChI=1S/C21H25N3O3.ClH/c1-12-7-13(2)20(14(3)8-12)24-11-15(9-19(24)25)21(26)23-18-10-16(27-4)5-6-17(18)22;/h5-8,10,15H,9,11,22H2,1-4H3,(H,23,26);1H. The lowest BCUT2D eigenvalue weighted by Crippen LogP contribution is -2.29. The van der Waals surface area contributed by atoms with Crippen LogP contribution in [0.25, 0.3) is 0 Å². The van der Waals surface area contributed by atoms with Crippen molar-refractivity contribution < 1.29 is 14.3 Å². The number of carbonyl (C=O) groups excluding carboxylic acids is 2. The van der Waals surface area contributed by atoms with E-state index >= 15 is 0 Å². The molecule has 1 heterocycles. The molecular weight excluding hydrogens is 378 g/mol. The molecule has 1 unspecified atom stereocenters. The molecule has 0 aliphatic carbocycles. The van der Waals surface area contributed by atoms with Crippen LogP contribution in [0, 0.1) is 26.7 Å². The molecule has 3 N–H and O–H groups in total. The van der Waals surface area contributed by atoms with Crippen molar-refractivity contribution in [3.63, 3.8) is 0 Å². The lowest BCUT2D eigenvalue weighted by Gasteiger charge is -2.22. The molecule has 6 nitrogen and oxygen atoms in total. The smallest absolute Gasteiger partial charge is 0.229 e. The van der Waals surface area contributed by atoms with Gasteiger partial charge in [0.05, 0.1) is 24.4 Å². The minimum Gasteiger partial charge on any atom is -0.497 e. The number of anilines is 3. The van der Waals surface area contributed by atoms with Crippen LogP contribution in [0.4, 0.5) is 17.1 Å². The molecule has 1 atom stereocenters. The summed E-state index contributed by atoms with van der Waals surface area (Å²) in [5.74, 6) is -0.0743. The number of nitrogens with zero attached hydrogens (tertiary/aromatic N) is 1. The van der Waals surface area contributed by atoms with Gasteiger partial charge in [0.25, 0.3) is 0 Å². The molecule has 2 aromatic carbocycles. The first kappa shape index (κ1) is 21.6. The monoisotopic (exact) mass is 403 g/mol. The van der Waals surface area contributed by atoms with Gasteiger partial charge < -0.3 is 20.7 Å². The number of benzene rings is 2. The van der Waals surface area contributed by atoms with Crippen LogP contribution in [-0.4, -0.2) is 25.5 Å². The van der Waals surface area contributed by atoms with Crippen LogP contribution in [-0.2, 0) is 9.59 Å². The van der Waals surface area contributed by atoms with Gasteiger partial charge in [0, 0.05) is 24.7 Å². The van der Waals surface area contributed by atoms with Gasteiger partial charge in [0.15, 0.2) is 0 Å². The average Bonchev–Trinajstić information content (AvgIpc) is 2.97. The van der Waals surface area contributed by atoms with Crippen molar-refractivity contribution in [1.29, 1.82) is 0 Å². The number of nitrogens with two attached hydrogens (primary N) is 1. The van der Waals surface area contributed by atoms with Gasteiger partial charge in [-0.15, -0.1) is 12.4 Å². The number of nitrogens with one attached hydrogen (secondary N) is 1. The molecule has 0 saturated carbocycles. The molecule has 0 aromatic heterocycles. The lowest BCUT2D eigenvalue weighted by atomic mass is 10.0. The van der Waals surface area contributed by atoms with E-state index in [-0.39, 0.29) is 30.6 Å². The van der Waals surface area contributed by atoms with Crippen molar-refractivity contribution in [3.05, 3.63) is 47.0 Å². The number of aryl methyl sites for hydroxylation is 3. The van der Waals surface area contributed by atoms with E-state index in [4.69, 9.17) is 10.5 Å². The van der Waals surface area contributed by atoms with E-state index in [1.165, 1.54) is 0 Å². The molecule has 1 saturated heterocycles. The molecule has 2 aromatic rings. The van der Waals surface area contributed by atoms with Crippen molar-refractivity contribution in [1.82, 2.24) is 0 Å². The van der Waals surface area contributed by atoms with Gasteiger partial charge in [-0.05, 0) is 44.0 Å². The number of ether oxygens (including phenoxy) is 1. The lowest BCUT2D eigenvalue weighted by molar-refractivity contribution is -0.122. The predicted molar refractivity (Wildman–Crippen MR) is 114 cm³/mol. The summed E-state index contributed by atoms with van der Waals surface area (Å²) in [7, 11) is 1.55. The third-order valence-electron chi connectivity index (χ3n) is 4.92. The highest BCUT2D eigenvalue weighted by molar-refractivity contribution is 6.05. The SMILES string of the molecule is COc1ccc(N)c(NC(=O)C2CC(=O)N(c3c(C)cc(C)cc3C)C2)c1.Cl. The van der Waals surface area contributed by atoms with Crippen LogP contribution >= 0.6 is 12.4 Å². The maximum atomic E-state index is 12.7. The topological polar surface area (TPSA) is 84.7 Å². The second-order valence-corrected chi connectivity index (χ2v) is 7.10. The van der Waals surface area contributed by atoms with Crippen LogP contribution in [0.3, 0.4) is 0 Å². The van der Waals surface area contributed by atoms with E-state index in [9.17, 15) is 9.59 Å². The van der Waals surface area contributed by atoms with E-state index in [2.05, 4.69) is 17.4 Å². The first-order chi connectivity index (χ1) is 12.8. The molecule has 2 amide bonds. The Balaban J connectivity index is 0.00000280. The van der Waals surface area contributed by atoms with Crippen LogP contribution < -0.4 is 20.7 Å². The Morgan fingerprint density at radius 2 is 1.82 bits per heavy atom. The van der Waals surface area contributed by atoms with Crippen molar-refractivity contribution in [2.45, 2.75) is 27.2 Å². The Bertz CT molecular complexity index is 891. The summed E-state index contributed by atoms with van der Waals surface area (Å²) in [6, 6.07) is 9.20. The fraction of sp³-hybridized carbons (Fsp3) is 0.333. The molecule has 1 aliphatic heterocycles. The van der Waals surface area contributed by atoms with Gasteiger partial charge >= 0.3 is 0 Å².